The Kier molecular flexibility index (Phi) is 5.71. The van der Waals surface area contributed by atoms with Crippen molar-refractivity contribution in [1.29, 1.82) is 0 Å². The maximum Gasteiger partial charge on any atom is 0.258 e. The Morgan fingerprint density at radius 1 is 1.00 bits per heavy atom. The highest BCUT2D eigenvalue weighted by molar-refractivity contribution is 6.40. The molecule has 132 valence electrons. The second kappa shape index (κ2) is 8.17. The summed E-state index contributed by atoms with van der Waals surface area (Å²) >= 11 is 12.1. The lowest BCUT2D eigenvalue weighted by Gasteiger charge is -2.17. The summed E-state index contributed by atoms with van der Waals surface area (Å²) in [5.74, 6) is 0.151. The summed E-state index contributed by atoms with van der Waals surface area (Å²) in [5.41, 5.74) is 1.83. The highest BCUT2D eigenvalue weighted by atomic mass is 35.5. The Balaban J connectivity index is 1.70. The lowest BCUT2D eigenvalue weighted by molar-refractivity contribution is 0.102. The van der Waals surface area contributed by atoms with Crippen molar-refractivity contribution >= 4 is 40.7 Å². The molecule has 1 N–H and O–H groups in total. The topological polar surface area (TPSA) is 58.1 Å². The molecule has 0 saturated carbocycles. The van der Waals surface area contributed by atoms with Crippen LogP contribution < -0.4 is 10.2 Å². The van der Waals surface area contributed by atoms with Gasteiger partial charge in [-0.05, 0) is 17.7 Å². The van der Waals surface area contributed by atoms with E-state index < -0.39 is 0 Å². The normalized spacial score (nSPS) is 10.4. The van der Waals surface area contributed by atoms with E-state index in [0.29, 0.717) is 33.8 Å². The molecule has 5 nitrogen and oxygen atoms in total. The van der Waals surface area contributed by atoms with Crippen molar-refractivity contribution in [2.75, 3.05) is 17.3 Å². The number of aromatic nitrogens is 2. The van der Waals surface area contributed by atoms with Gasteiger partial charge in [-0.15, -0.1) is 0 Å². The predicted octanol–water partition coefficient (Wildman–Crippen LogP) is 4.67. The first-order valence-electron chi connectivity index (χ1n) is 7.87. The summed E-state index contributed by atoms with van der Waals surface area (Å²) in [7, 11) is 1.89. The molecule has 7 heteroatoms. The number of hydrogen-bond acceptors (Lipinski definition) is 4. The fourth-order valence-corrected chi connectivity index (χ4v) is 2.86. The smallest absolute Gasteiger partial charge is 0.258 e. The number of para-hydroxylation sites is 1. The first-order valence-corrected chi connectivity index (χ1v) is 8.62. The quantitative estimate of drug-likeness (QED) is 0.691. The molecule has 0 atom stereocenters. The van der Waals surface area contributed by atoms with Crippen LogP contribution in [0.3, 0.4) is 0 Å². The van der Waals surface area contributed by atoms with Crippen LogP contribution in [0, 0.1) is 0 Å². The van der Waals surface area contributed by atoms with Crippen molar-refractivity contribution in [1.82, 2.24) is 9.97 Å². The number of rotatable bonds is 5. The van der Waals surface area contributed by atoms with Crippen LogP contribution in [0.5, 0.6) is 0 Å². The summed E-state index contributed by atoms with van der Waals surface area (Å²) < 4.78 is 0. The van der Waals surface area contributed by atoms with E-state index in [1.54, 1.807) is 18.2 Å². The van der Waals surface area contributed by atoms with Gasteiger partial charge in [-0.1, -0.05) is 59.6 Å². The third-order valence-electron chi connectivity index (χ3n) is 3.71. The number of carbonyl (C=O) groups is 1. The summed E-state index contributed by atoms with van der Waals surface area (Å²) in [5, 5.41) is 3.42. The predicted molar refractivity (Wildman–Crippen MR) is 105 cm³/mol. The minimum Gasteiger partial charge on any atom is -0.340 e. The van der Waals surface area contributed by atoms with Gasteiger partial charge >= 0.3 is 0 Å². The van der Waals surface area contributed by atoms with E-state index in [-0.39, 0.29) is 5.91 Å². The summed E-state index contributed by atoms with van der Waals surface area (Å²) in [6.45, 7) is 0.668. The van der Waals surface area contributed by atoms with Gasteiger partial charge < -0.3 is 10.2 Å². The Labute approximate surface area is 161 Å². The van der Waals surface area contributed by atoms with Crippen molar-refractivity contribution < 1.29 is 4.79 Å². The molecular weight excluding hydrogens is 371 g/mol. The molecule has 3 rings (SSSR count). The van der Waals surface area contributed by atoms with Crippen LogP contribution in [0.15, 0.2) is 60.9 Å². The van der Waals surface area contributed by atoms with Gasteiger partial charge in [-0.3, -0.25) is 4.79 Å². The van der Waals surface area contributed by atoms with E-state index in [4.69, 9.17) is 23.2 Å². The van der Waals surface area contributed by atoms with E-state index >= 15 is 0 Å². The Bertz CT molecular complexity index is 881. The molecule has 26 heavy (non-hydrogen) atoms. The Morgan fingerprint density at radius 3 is 2.23 bits per heavy atom. The molecule has 1 aromatic heterocycles. The molecule has 0 fully saturated rings. The summed E-state index contributed by atoms with van der Waals surface area (Å²) in [6.07, 6.45) is 2.95. The van der Waals surface area contributed by atoms with E-state index in [1.165, 1.54) is 12.4 Å². The fourth-order valence-electron chi connectivity index (χ4n) is 2.37. The largest absolute Gasteiger partial charge is 0.340 e. The van der Waals surface area contributed by atoms with Crippen molar-refractivity contribution in [3.8, 4) is 0 Å². The second-order valence-corrected chi connectivity index (χ2v) is 6.48. The second-order valence-electron chi connectivity index (χ2n) is 5.66. The molecule has 0 unspecified atom stereocenters. The highest BCUT2D eigenvalue weighted by Crippen LogP contribution is 2.30. The number of anilines is 2. The number of carbonyl (C=O) groups excluding carboxylic acids is 1. The van der Waals surface area contributed by atoms with Crippen LogP contribution in [-0.2, 0) is 6.54 Å². The molecule has 0 spiro atoms. The molecule has 0 aliphatic carbocycles. The van der Waals surface area contributed by atoms with Gasteiger partial charge in [0.25, 0.3) is 5.91 Å². The van der Waals surface area contributed by atoms with Gasteiger partial charge in [-0.2, -0.15) is 0 Å². The van der Waals surface area contributed by atoms with Crippen molar-refractivity contribution in [2.24, 2.45) is 0 Å². The van der Waals surface area contributed by atoms with Crippen LogP contribution in [0.25, 0.3) is 0 Å². The maximum atomic E-state index is 12.4. The Hall–Kier alpha value is -2.63. The monoisotopic (exact) mass is 386 g/mol. The Morgan fingerprint density at radius 2 is 1.62 bits per heavy atom. The molecule has 2 aromatic carbocycles. The SMILES string of the molecule is CN(Cc1ccccc1)c1ncc(C(=O)Nc2c(Cl)cccc2Cl)cn1. The van der Waals surface area contributed by atoms with E-state index in [1.807, 2.05) is 42.3 Å². The zero-order chi connectivity index (χ0) is 18.5. The lowest BCUT2D eigenvalue weighted by Crippen LogP contribution is -2.20. The van der Waals surface area contributed by atoms with Gasteiger partial charge in [0.1, 0.15) is 0 Å². The summed E-state index contributed by atoms with van der Waals surface area (Å²) in [6, 6.07) is 15.0. The third-order valence-corrected chi connectivity index (χ3v) is 4.34. The number of nitrogens with one attached hydrogen (secondary N) is 1. The van der Waals surface area contributed by atoms with E-state index in [9.17, 15) is 4.79 Å². The average molecular weight is 387 g/mol. The lowest BCUT2D eigenvalue weighted by atomic mass is 10.2. The number of halogens is 2. The van der Waals surface area contributed by atoms with E-state index in [0.717, 1.165) is 5.56 Å². The molecule has 0 aliphatic rings. The molecule has 3 aromatic rings. The highest BCUT2D eigenvalue weighted by Gasteiger charge is 2.13. The molecule has 1 heterocycles. The molecular formula is C19H16Cl2N4O. The molecule has 0 aliphatic heterocycles. The molecule has 0 bridgehead atoms. The van der Waals surface area contributed by atoms with Gasteiger partial charge in [0.15, 0.2) is 0 Å². The fraction of sp³-hybridized carbons (Fsp3) is 0.105. The average Bonchev–Trinajstić information content (AvgIpc) is 2.65. The van der Waals surface area contributed by atoms with Crippen LogP contribution in [-0.4, -0.2) is 22.9 Å². The summed E-state index contributed by atoms with van der Waals surface area (Å²) in [4.78, 5) is 22.8. The first-order chi connectivity index (χ1) is 12.5. The van der Waals surface area contributed by atoms with Crippen LogP contribution in [0.2, 0.25) is 10.0 Å². The molecule has 0 radical (unpaired) electrons. The first kappa shape index (κ1) is 18.2. The molecule has 0 saturated heterocycles. The number of amides is 1. The number of hydrogen-bond donors (Lipinski definition) is 1. The third kappa shape index (κ3) is 4.31. The zero-order valence-electron chi connectivity index (χ0n) is 14.0. The van der Waals surface area contributed by atoms with Gasteiger partial charge in [-0.25, -0.2) is 9.97 Å². The minimum atomic E-state index is -0.378. The van der Waals surface area contributed by atoms with Crippen LogP contribution in [0.1, 0.15) is 15.9 Å². The minimum absolute atomic E-state index is 0.317. The maximum absolute atomic E-state index is 12.4. The van der Waals surface area contributed by atoms with Gasteiger partial charge in [0.2, 0.25) is 5.95 Å². The van der Waals surface area contributed by atoms with Crippen molar-refractivity contribution in [3.63, 3.8) is 0 Å². The van der Waals surface area contributed by atoms with Crippen LogP contribution in [0.4, 0.5) is 11.6 Å². The number of benzene rings is 2. The van der Waals surface area contributed by atoms with E-state index in [2.05, 4.69) is 15.3 Å². The van der Waals surface area contributed by atoms with Gasteiger partial charge in [0.05, 0.1) is 21.3 Å². The number of nitrogens with zero attached hydrogens (tertiary/aromatic N) is 3. The zero-order valence-corrected chi connectivity index (χ0v) is 15.5. The molecule has 1 amide bonds. The standard InChI is InChI=1S/C19H16Cl2N4O/c1-25(12-13-6-3-2-4-7-13)19-22-10-14(11-23-19)18(26)24-17-15(20)8-5-9-16(17)21/h2-11H,12H2,1H3,(H,24,26). The van der Waals surface area contributed by atoms with Crippen LogP contribution >= 0.6 is 23.2 Å². The van der Waals surface area contributed by atoms with Gasteiger partial charge in [0, 0.05) is 26.0 Å². The van der Waals surface area contributed by atoms with Crippen molar-refractivity contribution in [3.05, 3.63) is 82.1 Å². The van der Waals surface area contributed by atoms with Crippen molar-refractivity contribution in [2.45, 2.75) is 6.54 Å².